The highest BCUT2D eigenvalue weighted by Gasteiger charge is 2.11. The van der Waals surface area contributed by atoms with Crippen molar-refractivity contribution in [3.63, 3.8) is 0 Å². The maximum atomic E-state index is 11.3. The highest BCUT2D eigenvalue weighted by Crippen LogP contribution is 2.25. The number of hydrogen-bond donors (Lipinski definition) is 1. The molecule has 2 heterocycles. The van der Waals surface area contributed by atoms with Gasteiger partial charge in [0.25, 0.3) is 0 Å². The van der Waals surface area contributed by atoms with Crippen molar-refractivity contribution < 1.29 is 14.6 Å². The fraction of sp³-hybridized carbons (Fsp3) is 0.0500. The van der Waals surface area contributed by atoms with Crippen LogP contribution in [-0.2, 0) is 6.61 Å². The maximum absolute atomic E-state index is 11.3. The van der Waals surface area contributed by atoms with Gasteiger partial charge in [-0.05, 0) is 35.0 Å². The summed E-state index contributed by atoms with van der Waals surface area (Å²) >= 11 is 0. The van der Waals surface area contributed by atoms with Gasteiger partial charge in [-0.1, -0.05) is 30.3 Å². The van der Waals surface area contributed by atoms with Crippen LogP contribution in [0.3, 0.4) is 0 Å². The lowest BCUT2D eigenvalue weighted by Crippen LogP contribution is -2.01. The Hall–Kier alpha value is -3.67. The molecule has 2 aromatic carbocycles. The zero-order chi connectivity index (χ0) is 17.9. The number of carbonyl (C=O) groups is 1. The van der Waals surface area contributed by atoms with Gasteiger partial charge in [-0.3, -0.25) is 4.79 Å². The fourth-order valence-electron chi connectivity index (χ4n) is 2.79. The van der Waals surface area contributed by atoms with E-state index in [2.05, 4.69) is 10.1 Å². The summed E-state index contributed by atoms with van der Waals surface area (Å²) in [5.41, 5.74) is 1.12. The van der Waals surface area contributed by atoms with Crippen molar-refractivity contribution in [3.05, 3.63) is 78.1 Å². The quantitative estimate of drug-likeness (QED) is 0.560. The van der Waals surface area contributed by atoms with Gasteiger partial charge in [0.15, 0.2) is 12.1 Å². The Kier molecular flexibility index (Phi) is 4.07. The Morgan fingerprint density at radius 2 is 1.92 bits per heavy atom. The summed E-state index contributed by atoms with van der Waals surface area (Å²) in [6, 6.07) is 18.1. The molecule has 0 radical (unpaired) electrons. The molecule has 0 amide bonds. The zero-order valence-electron chi connectivity index (χ0n) is 13.7. The summed E-state index contributed by atoms with van der Waals surface area (Å²) in [5, 5.41) is 16.2. The lowest BCUT2D eigenvalue weighted by Gasteiger charge is -2.08. The molecule has 1 N–H and O–H groups in total. The molecule has 128 valence electrons. The minimum atomic E-state index is -0.0191. The van der Waals surface area contributed by atoms with E-state index < -0.39 is 0 Å². The SMILES string of the molecule is O=Cc1cc(OCc2cc(O)n(-c3ccccn3)n2)cc2ccccc12. The first-order valence-electron chi connectivity index (χ1n) is 8.05. The Balaban J connectivity index is 1.58. The molecule has 0 unspecified atom stereocenters. The van der Waals surface area contributed by atoms with Gasteiger partial charge in [-0.2, -0.15) is 9.78 Å². The van der Waals surface area contributed by atoms with Crippen LogP contribution in [0, 0.1) is 0 Å². The molecule has 0 spiro atoms. The second kappa shape index (κ2) is 6.68. The molecule has 0 aliphatic rings. The molecule has 6 nitrogen and oxygen atoms in total. The van der Waals surface area contributed by atoms with Crippen LogP contribution in [0.15, 0.2) is 66.9 Å². The van der Waals surface area contributed by atoms with Crippen LogP contribution in [0.4, 0.5) is 0 Å². The smallest absolute Gasteiger partial charge is 0.215 e. The third kappa shape index (κ3) is 3.00. The monoisotopic (exact) mass is 345 g/mol. The summed E-state index contributed by atoms with van der Waals surface area (Å²) in [4.78, 5) is 15.5. The van der Waals surface area contributed by atoms with Gasteiger partial charge in [0, 0.05) is 17.8 Å². The molecular formula is C20H15N3O3. The molecule has 4 aromatic rings. The van der Waals surface area contributed by atoms with Gasteiger partial charge in [0.2, 0.25) is 5.88 Å². The summed E-state index contributed by atoms with van der Waals surface area (Å²) in [5.74, 6) is 1.07. The van der Waals surface area contributed by atoms with Gasteiger partial charge in [-0.15, -0.1) is 0 Å². The lowest BCUT2D eigenvalue weighted by molar-refractivity contribution is 0.112. The Labute approximate surface area is 149 Å². The van der Waals surface area contributed by atoms with E-state index in [1.807, 2.05) is 36.4 Å². The number of carbonyl (C=O) groups excluding carboxylic acids is 1. The molecule has 0 fully saturated rings. The number of benzene rings is 2. The molecule has 0 aliphatic heterocycles. The summed E-state index contributed by atoms with van der Waals surface area (Å²) in [6.45, 7) is 0.157. The summed E-state index contributed by atoms with van der Waals surface area (Å²) in [7, 11) is 0. The Morgan fingerprint density at radius 3 is 2.73 bits per heavy atom. The zero-order valence-corrected chi connectivity index (χ0v) is 13.7. The van der Waals surface area contributed by atoms with Crippen LogP contribution in [-0.4, -0.2) is 26.2 Å². The fourth-order valence-corrected chi connectivity index (χ4v) is 2.79. The van der Waals surface area contributed by atoms with Crippen molar-refractivity contribution in [2.75, 3.05) is 0 Å². The molecule has 0 aliphatic carbocycles. The van der Waals surface area contributed by atoms with Crippen LogP contribution >= 0.6 is 0 Å². The van der Waals surface area contributed by atoms with Crippen LogP contribution < -0.4 is 4.74 Å². The van der Waals surface area contributed by atoms with Gasteiger partial charge in [-0.25, -0.2) is 4.98 Å². The standard InChI is InChI=1S/C20H15N3O3/c24-12-15-10-17(9-14-5-1-2-6-18(14)15)26-13-16-11-20(25)23(22-16)19-7-3-4-8-21-19/h1-12,25H,13H2. The Morgan fingerprint density at radius 1 is 1.08 bits per heavy atom. The van der Waals surface area contributed by atoms with E-state index in [0.717, 1.165) is 17.1 Å². The number of ether oxygens (including phenoxy) is 1. The number of aldehydes is 1. The van der Waals surface area contributed by atoms with E-state index in [0.29, 0.717) is 22.8 Å². The van der Waals surface area contributed by atoms with E-state index in [9.17, 15) is 9.90 Å². The van der Waals surface area contributed by atoms with Crippen molar-refractivity contribution in [1.29, 1.82) is 0 Å². The van der Waals surface area contributed by atoms with Crippen LogP contribution in [0.25, 0.3) is 16.6 Å². The average molecular weight is 345 g/mol. The highest BCUT2D eigenvalue weighted by atomic mass is 16.5. The third-order valence-corrected chi connectivity index (χ3v) is 3.99. The molecule has 0 atom stereocenters. The molecule has 4 rings (SSSR count). The number of aromatic nitrogens is 3. The maximum Gasteiger partial charge on any atom is 0.215 e. The van der Waals surface area contributed by atoms with E-state index >= 15 is 0 Å². The minimum Gasteiger partial charge on any atom is -0.493 e. The van der Waals surface area contributed by atoms with Crippen LogP contribution in [0.2, 0.25) is 0 Å². The molecule has 0 saturated heterocycles. The molecular weight excluding hydrogens is 330 g/mol. The minimum absolute atomic E-state index is 0.0191. The third-order valence-electron chi connectivity index (χ3n) is 3.99. The summed E-state index contributed by atoms with van der Waals surface area (Å²) in [6.07, 6.45) is 2.44. The van der Waals surface area contributed by atoms with Crippen molar-refractivity contribution in [1.82, 2.24) is 14.8 Å². The Bertz CT molecular complexity index is 1070. The van der Waals surface area contributed by atoms with Gasteiger partial charge < -0.3 is 9.84 Å². The van der Waals surface area contributed by atoms with E-state index in [-0.39, 0.29) is 12.5 Å². The second-order valence-electron chi connectivity index (χ2n) is 5.73. The predicted octanol–water partition coefficient (Wildman–Crippen LogP) is 3.52. The van der Waals surface area contributed by atoms with Crippen molar-refractivity contribution in [3.8, 4) is 17.4 Å². The first-order valence-corrected chi connectivity index (χ1v) is 8.05. The van der Waals surface area contributed by atoms with E-state index in [1.165, 1.54) is 10.7 Å². The largest absolute Gasteiger partial charge is 0.493 e. The van der Waals surface area contributed by atoms with Gasteiger partial charge in [0.1, 0.15) is 18.1 Å². The van der Waals surface area contributed by atoms with Gasteiger partial charge >= 0.3 is 0 Å². The lowest BCUT2D eigenvalue weighted by atomic mass is 10.1. The second-order valence-corrected chi connectivity index (χ2v) is 5.73. The molecule has 6 heteroatoms. The van der Waals surface area contributed by atoms with Gasteiger partial charge in [0.05, 0.1) is 0 Å². The van der Waals surface area contributed by atoms with E-state index in [1.54, 1.807) is 24.4 Å². The molecule has 2 aromatic heterocycles. The number of nitrogens with zero attached hydrogens (tertiary/aromatic N) is 3. The first-order chi connectivity index (χ1) is 12.7. The van der Waals surface area contributed by atoms with Crippen LogP contribution in [0.1, 0.15) is 16.1 Å². The average Bonchev–Trinajstić information content (AvgIpc) is 3.07. The number of hydrogen-bond acceptors (Lipinski definition) is 5. The van der Waals surface area contributed by atoms with Crippen molar-refractivity contribution in [2.45, 2.75) is 6.61 Å². The molecule has 0 bridgehead atoms. The predicted molar refractivity (Wildman–Crippen MR) is 96.7 cm³/mol. The topological polar surface area (TPSA) is 77.2 Å². The normalized spacial score (nSPS) is 10.8. The summed E-state index contributed by atoms with van der Waals surface area (Å²) < 4.78 is 7.12. The van der Waals surface area contributed by atoms with Crippen molar-refractivity contribution in [2.24, 2.45) is 0 Å². The molecule has 26 heavy (non-hydrogen) atoms. The number of rotatable bonds is 5. The number of aromatic hydroxyl groups is 1. The first kappa shape index (κ1) is 15.8. The number of fused-ring (bicyclic) bond motifs is 1. The van der Waals surface area contributed by atoms with Crippen LogP contribution in [0.5, 0.6) is 11.6 Å². The number of pyridine rings is 1. The molecule has 0 saturated carbocycles. The van der Waals surface area contributed by atoms with E-state index in [4.69, 9.17) is 4.74 Å². The highest BCUT2D eigenvalue weighted by molar-refractivity contribution is 5.99. The van der Waals surface area contributed by atoms with Crippen molar-refractivity contribution >= 4 is 17.1 Å².